The number of benzene rings is 2. The minimum Gasteiger partial charge on any atom is -0.507 e. The van der Waals surface area contributed by atoms with Crippen molar-refractivity contribution in [1.82, 2.24) is 0 Å². The molecule has 2 aromatic carbocycles. The Balaban J connectivity index is 1.45. The summed E-state index contributed by atoms with van der Waals surface area (Å²) in [5.74, 6) is -2.21. The number of anilines is 1. The molecule has 0 saturated carbocycles. The predicted molar refractivity (Wildman–Crippen MR) is 164 cm³/mol. The van der Waals surface area contributed by atoms with Crippen LogP contribution in [-0.2, 0) is 19.0 Å². The van der Waals surface area contributed by atoms with Crippen molar-refractivity contribution < 1.29 is 39.2 Å². The van der Waals surface area contributed by atoms with E-state index in [1.54, 1.807) is 31.4 Å². The van der Waals surface area contributed by atoms with Crippen molar-refractivity contribution in [2.75, 3.05) is 18.6 Å². The molecule has 3 aliphatic rings. The maximum atomic E-state index is 13.9. The first-order chi connectivity index (χ1) is 20.1. The molecule has 12 heteroatoms. The quantitative estimate of drug-likeness (QED) is 0.187. The summed E-state index contributed by atoms with van der Waals surface area (Å²) in [4.78, 5) is 28.7. The molecule has 2 aromatic rings. The summed E-state index contributed by atoms with van der Waals surface area (Å²) >= 11 is 3.45. The largest absolute Gasteiger partial charge is 0.507 e. The van der Waals surface area contributed by atoms with Crippen LogP contribution < -0.4 is 10.4 Å². The minimum absolute atomic E-state index is 0.180. The lowest BCUT2D eigenvalue weighted by atomic mass is 9.58. The van der Waals surface area contributed by atoms with Gasteiger partial charge in [-0.15, -0.1) is 0 Å². The fourth-order valence-electron chi connectivity index (χ4n) is 6.68. The maximum absolute atomic E-state index is 13.9. The highest BCUT2D eigenvalue weighted by molar-refractivity contribution is 9.10. The van der Waals surface area contributed by atoms with E-state index in [0.29, 0.717) is 24.8 Å². The van der Waals surface area contributed by atoms with Crippen LogP contribution in [0.3, 0.4) is 0 Å². The Morgan fingerprint density at radius 1 is 1.19 bits per heavy atom. The zero-order valence-corrected chi connectivity index (χ0v) is 25.2. The van der Waals surface area contributed by atoms with Crippen molar-refractivity contribution in [3.8, 4) is 5.75 Å². The number of carbonyl (C=O) groups excluding carboxylic acids is 2. The summed E-state index contributed by atoms with van der Waals surface area (Å²) in [6.45, 7) is 2.32. The number of phenols is 1. The van der Waals surface area contributed by atoms with E-state index >= 15 is 0 Å². The van der Waals surface area contributed by atoms with Crippen LogP contribution in [0.4, 0.5) is 5.69 Å². The van der Waals surface area contributed by atoms with Gasteiger partial charge in [-0.25, -0.2) is 0 Å². The Morgan fingerprint density at radius 3 is 2.69 bits per heavy atom. The normalized spacial score (nSPS) is 24.3. The van der Waals surface area contributed by atoms with Gasteiger partial charge in [0.15, 0.2) is 0 Å². The van der Waals surface area contributed by atoms with Gasteiger partial charge < -0.3 is 29.6 Å². The van der Waals surface area contributed by atoms with Gasteiger partial charge in [0.25, 0.3) is 0 Å². The van der Waals surface area contributed by atoms with Crippen molar-refractivity contribution >= 4 is 59.2 Å². The summed E-state index contributed by atoms with van der Waals surface area (Å²) in [5, 5.41) is 40.4. The van der Waals surface area contributed by atoms with Crippen LogP contribution in [0.15, 0.2) is 63.7 Å². The lowest BCUT2D eigenvalue weighted by molar-refractivity contribution is -0.122. The minimum atomic E-state index is -1.73. The molecule has 5 rings (SSSR count). The van der Waals surface area contributed by atoms with Crippen LogP contribution in [0.25, 0.3) is 6.08 Å². The number of hydrogen-bond acceptors (Lipinski definition) is 8. The summed E-state index contributed by atoms with van der Waals surface area (Å²) in [6, 6.07) is 11.4. The van der Waals surface area contributed by atoms with Crippen LogP contribution in [0.5, 0.6) is 5.75 Å². The number of aromatic hydroxyl groups is 1. The molecule has 42 heavy (non-hydrogen) atoms. The van der Waals surface area contributed by atoms with Crippen molar-refractivity contribution in [3.05, 3.63) is 69.2 Å². The predicted octanol–water partition coefficient (Wildman–Crippen LogP) is 3.06. The molecule has 2 amide bonds. The SMILES string of the molecule is CC/C(=C\c1cc(Br)ccc1O)CC[C@H]1OB(O)C[C@H]2C1=C(COC)C[C@H]1C(=O)N(c3cccc(B(O)O)c3)C(=O)[C@H]12. The highest BCUT2D eigenvalue weighted by Gasteiger charge is 2.57. The second kappa shape index (κ2) is 12.9. The number of carbonyl (C=O) groups is 2. The number of rotatable bonds is 9. The van der Waals surface area contributed by atoms with E-state index in [4.69, 9.17) is 9.39 Å². The van der Waals surface area contributed by atoms with Crippen LogP contribution in [0.1, 0.15) is 38.2 Å². The molecule has 1 aliphatic carbocycles. The summed E-state index contributed by atoms with van der Waals surface area (Å²) in [5.41, 5.74) is 4.10. The average molecular weight is 638 g/mol. The molecule has 9 nitrogen and oxygen atoms in total. The number of fused-ring (bicyclic) bond motifs is 3. The molecule has 2 heterocycles. The van der Waals surface area contributed by atoms with Crippen molar-refractivity contribution in [2.45, 2.75) is 45.0 Å². The standard InChI is InChI=1S/C30H34B2BrNO8/c1-3-17(11-18-12-21(33)8-9-25(18)35)7-10-26-27-19(16-41-2)13-23-28(24(27)15-31(38)42-26)30(37)34(29(23)36)22-6-4-5-20(14-22)32(39)40/h4-6,8-9,11-12,14,23-24,26,28,35,38-40H,3,7,10,13,15-16H2,1-2H3/b17-11+/t23-,24+,26-,28-/m1/s1. The topological polar surface area (TPSA) is 137 Å². The van der Waals surface area contributed by atoms with Gasteiger partial charge in [-0.1, -0.05) is 46.6 Å². The number of ether oxygens (including phenoxy) is 1. The second-order valence-corrected chi connectivity index (χ2v) is 12.0. The van der Waals surface area contributed by atoms with Gasteiger partial charge in [0.05, 0.1) is 30.2 Å². The van der Waals surface area contributed by atoms with Gasteiger partial charge in [-0.05, 0) is 84.9 Å². The van der Waals surface area contributed by atoms with E-state index < -0.39 is 38.1 Å². The Hall–Kier alpha value is -2.73. The zero-order valence-electron chi connectivity index (χ0n) is 23.6. The number of halogens is 1. The van der Waals surface area contributed by atoms with E-state index in [0.717, 1.165) is 32.5 Å². The molecule has 4 N–H and O–H groups in total. The first kappa shape index (κ1) is 30.7. The lowest BCUT2D eigenvalue weighted by Crippen LogP contribution is -2.46. The molecule has 2 fully saturated rings. The first-order valence-electron chi connectivity index (χ1n) is 14.2. The highest BCUT2D eigenvalue weighted by Crippen LogP contribution is 2.51. The fraction of sp³-hybridized carbons (Fsp3) is 0.400. The Morgan fingerprint density at radius 2 is 1.98 bits per heavy atom. The second-order valence-electron chi connectivity index (χ2n) is 11.1. The highest BCUT2D eigenvalue weighted by atomic mass is 79.9. The molecular formula is C30H34B2BrNO8. The monoisotopic (exact) mass is 637 g/mol. The molecule has 2 aliphatic heterocycles. The van der Waals surface area contributed by atoms with Gasteiger partial charge >= 0.3 is 14.2 Å². The molecule has 2 saturated heterocycles. The Labute approximate surface area is 254 Å². The molecular weight excluding hydrogens is 604 g/mol. The third-order valence-electron chi connectivity index (χ3n) is 8.58. The van der Waals surface area contributed by atoms with Crippen LogP contribution in [0, 0.1) is 17.8 Å². The summed E-state index contributed by atoms with van der Waals surface area (Å²) in [7, 11) is -1.24. The third-order valence-corrected chi connectivity index (χ3v) is 9.08. The zero-order chi connectivity index (χ0) is 30.1. The number of allylic oxidation sites excluding steroid dienone is 1. The van der Waals surface area contributed by atoms with E-state index in [1.807, 2.05) is 19.1 Å². The molecule has 0 aromatic heterocycles. The van der Waals surface area contributed by atoms with Gasteiger partial charge in [-0.2, -0.15) is 0 Å². The van der Waals surface area contributed by atoms with Gasteiger partial charge in [0.2, 0.25) is 11.8 Å². The molecule has 0 radical (unpaired) electrons. The van der Waals surface area contributed by atoms with Crippen molar-refractivity contribution in [3.63, 3.8) is 0 Å². The van der Waals surface area contributed by atoms with E-state index in [1.165, 1.54) is 12.1 Å². The number of hydrogen-bond donors (Lipinski definition) is 4. The van der Waals surface area contributed by atoms with E-state index in [-0.39, 0.29) is 41.6 Å². The van der Waals surface area contributed by atoms with Crippen molar-refractivity contribution in [2.24, 2.45) is 17.8 Å². The first-order valence-corrected chi connectivity index (χ1v) is 15.0. The number of imide groups is 1. The Bertz CT molecular complexity index is 1430. The molecule has 4 atom stereocenters. The number of phenolic OH excluding ortho intramolecular Hbond substituents is 1. The smallest absolute Gasteiger partial charge is 0.488 e. The van der Waals surface area contributed by atoms with Gasteiger partial charge in [0, 0.05) is 17.1 Å². The molecule has 0 bridgehead atoms. The summed E-state index contributed by atoms with van der Waals surface area (Å²) < 4.78 is 12.5. The molecule has 0 spiro atoms. The maximum Gasteiger partial charge on any atom is 0.488 e. The Kier molecular flexibility index (Phi) is 9.41. The number of methoxy groups -OCH3 is 1. The molecule has 0 unspecified atom stereocenters. The van der Waals surface area contributed by atoms with Gasteiger partial charge in [-0.3, -0.25) is 14.5 Å². The summed E-state index contributed by atoms with van der Waals surface area (Å²) in [6.07, 6.45) is 3.96. The van der Waals surface area contributed by atoms with Crippen LogP contribution in [0.2, 0.25) is 6.32 Å². The molecule has 220 valence electrons. The number of amides is 2. The fourth-order valence-corrected chi connectivity index (χ4v) is 7.06. The third kappa shape index (κ3) is 6.02. The van der Waals surface area contributed by atoms with Crippen LogP contribution >= 0.6 is 15.9 Å². The van der Waals surface area contributed by atoms with E-state index in [2.05, 4.69) is 15.9 Å². The van der Waals surface area contributed by atoms with Crippen molar-refractivity contribution in [1.29, 1.82) is 0 Å². The van der Waals surface area contributed by atoms with Crippen LogP contribution in [-0.4, -0.2) is 66.1 Å². The lowest BCUT2D eigenvalue weighted by Gasteiger charge is -2.43. The number of nitrogens with zero attached hydrogens (tertiary/aromatic N) is 1. The average Bonchev–Trinajstić information content (AvgIpc) is 3.21. The van der Waals surface area contributed by atoms with E-state index in [9.17, 15) is 29.8 Å². The van der Waals surface area contributed by atoms with Gasteiger partial charge in [0.1, 0.15) is 5.75 Å².